The molecule has 2 heterocycles. The third-order valence-corrected chi connectivity index (χ3v) is 3.54. The first-order valence-corrected chi connectivity index (χ1v) is 7.49. The third kappa shape index (κ3) is 3.75. The number of aryl methyl sites for hydroxylation is 1. The van der Waals surface area contributed by atoms with Gasteiger partial charge < -0.3 is 5.32 Å². The Morgan fingerprint density at radius 2 is 2.00 bits per heavy atom. The molecular weight excluding hydrogens is 306 g/mol. The van der Waals surface area contributed by atoms with E-state index in [1.54, 1.807) is 6.20 Å². The van der Waals surface area contributed by atoms with E-state index in [9.17, 15) is 9.59 Å². The van der Waals surface area contributed by atoms with Crippen LogP contribution in [0.25, 0.3) is 0 Å². The van der Waals surface area contributed by atoms with Gasteiger partial charge in [0, 0.05) is 32.1 Å². The Labute approximate surface area is 138 Å². The first kappa shape index (κ1) is 15.7. The minimum absolute atomic E-state index is 0.213. The van der Waals surface area contributed by atoms with Crippen LogP contribution in [0, 0.1) is 0 Å². The van der Waals surface area contributed by atoms with E-state index in [1.165, 1.54) is 19.2 Å². The highest BCUT2D eigenvalue weighted by atomic mass is 16.2. The smallest absolute Gasteiger partial charge is 0.271 e. The van der Waals surface area contributed by atoms with Crippen LogP contribution < -0.4 is 10.9 Å². The lowest BCUT2D eigenvalue weighted by atomic mass is 10.1. The molecule has 1 N–H and O–H groups in total. The molecule has 1 amide bonds. The van der Waals surface area contributed by atoms with Crippen LogP contribution in [0.15, 0.2) is 59.7 Å². The summed E-state index contributed by atoms with van der Waals surface area (Å²) in [4.78, 5) is 23.4. The molecule has 24 heavy (non-hydrogen) atoms. The Hall–Kier alpha value is -3.22. The maximum atomic E-state index is 12.1. The van der Waals surface area contributed by atoms with Crippen LogP contribution in [-0.4, -0.2) is 25.5 Å². The number of carbonyl (C=O) groups excluding carboxylic acids is 1. The standard InChI is InChI=1S/C17H17N5O2/c1-21-16(23)7-6-15(20-21)17(24)18-11-13-4-2-5-14(10-13)12-22-9-3-8-19-22/h2-10H,11-12H2,1H3,(H,18,24). The molecule has 7 nitrogen and oxygen atoms in total. The van der Waals surface area contributed by atoms with Gasteiger partial charge in [-0.25, -0.2) is 4.68 Å². The van der Waals surface area contributed by atoms with Crippen molar-refractivity contribution in [1.29, 1.82) is 0 Å². The molecule has 3 rings (SSSR count). The van der Waals surface area contributed by atoms with Crippen molar-refractivity contribution in [3.63, 3.8) is 0 Å². The highest BCUT2D eigenvalue weighted by Gasteiger charge is 2.08. The second kappa shape index (κ2) is 6.91. The molecule has 0 atom stereocenters. The number of carbonyl (C=O) groups is 1. The average Bonchev–Trinajstić information content (AvgIpc) is 3.08. The van der Waals surface area contributed by atoms with Gasteiger partial charge in [-0.05, 0) is 23.3 Å². The molecule has 3 aromatic rings. The van der Waals surface area contributed by atoms with Crippen LogP contribution in [0.4, 0.5) is 0 Å². The Bertz CT molecular complexity index is 899. The molecule has 0 saturated carbocycles. The minimum atomic E-state index is -0.317. The fraction of sp³-hybridized carbons (Fsp3) is 0.176. The third-order valence-electron chi connectivity index (χ3n) is 3.54. The Morgan fingerprint density at radius 3 is 2.75 bits per heavy atom. The van der Waals surface area contributed by atoms with Gasteiger partial charge in [0.05, 0.1) is 6.54 Å². The van der Waals surface area contributed by atoms with Crippen molar-refractivity contribution in [1.82, 2.24) is 24.9 Å². The summed E-state index contributed by atoms with van der Waals surface area (Å²) in [5, 5.41) is 10.9. The van der Waals surface area contributed by atoms with Crippen molar-refractivity contribution in [2.75, 3.05) is 0 Å². The van der Waals surface area contributed by atoms with E-state index in [1.807, 2.05) is 41.2 Å². The molecule has 0 aliphatic heterocycles. The summed E-state index contributed by atoms with van der Waals surface area (Å²) in [5.41, 5.74) is 2.05. The Balaban J connectivity index is 1.64. The molecule has 0 aliphatic rings. The van der Waals surface area contributed by atoms with Gasteiger partial charge in [-0.15, -0.1) is 0 Å². The number of benzene rings is 1. The highest BCUT2D eigenvalue weighted by molar-refractivity contribution is 5.91. The van der Waals surface area contributed by atoms with E-state index < -0.39 is 0 Å². The van der Waals surface area contributed by atoms with Crippen molar-refractivity contribution >= 4 is 5.91 Å². The molecular formula is C17H17N5O2. The molecule has 0 fully saturated rings. The topological polar surface area (TPSA) is 81.8 Å². The molecule has 2 aromatic heterocycles. The second-order valence-electron chi connectivity index (χ2n) is 5.39. The summed E-state index contributed by atoms with van der Waals surface area (Å²) in [5.74, 6) is -0.317. The van der Waals surface area contributed by atoms with Crippen LogP contribution in [-0.2, 0) is 20.1 Å². The number of nitrogens with zero attached hydrogens (tertiary/aromatic N) is 4. The van der Waals surface area contributed by atoms with Crippen LogP contribution in [0.5, 0.6) is 0 Å². The van der Waals surface area contributed by atoms with Gasteiger partial charge in [-0.3, -0.25) is 14.3 Å². The van der Waals surface area contributed by atoms with Crippen molar-refractivity contribution < 1.29 is 4.79 Å². The van der Waals surface area contributed by atoms with E-state index in [2.05, 4.69) is 15.5 Å². The summed E-state index contributed by atoms with van der Waals surface area (Å²) in [6.07, 6.45) is 3.64. The number of rotatable bonds is 5. The van der Waals surface area contributed by atoms with Crippen molar-refractivity contribution in [2.45, 2.75) is 13.1 Å². The molecule has 0 spiro atoms. The lowest BCUT2D eigenvalue weighted by molar-refractivity contribution is 0.0943. The van der Waals surface area contributed by atoms with Crippen molar-refractivity contribution in [3.05, 3.63) is 82.0 Å². The quantitative estimate of drug-likeness (QED) is 0.758. The maximum absolute atomic E-state index is 12.1. The Kier molecular flexibility index (Phi) is 4.51. The first-order chi connectivity index (χ1) is 11.6. The fourth-order valence-electron chi connectivity index (χ4n) is 2.32. The number of hydrogen-bond donors (Lipinski definition) is 1. The predicted octanol–water partition coefficient (Wildman–Crippen LogP) is 0.955. The molecule has 0 saturated heterocycles. The number of nitrogens with one attached hydrogen (secondary N) is 1. The number of aromatic nitrogens is 4. The molecule has 1 aromatic carbocycles. The SMILES string of the molecule is Cn1nc(C(=O)NCc2cccc(Cn3cccn3)c2)ccc1=O. The van der Waals surface area contributed by atoms with E-state index in [4.69, 9.17) is 0 Å². The van der Waals surface area contributed by atoms with Gasteiger partial charge in [0.25, 0.3) is 11.5 Å². The van der Waals surface area contributed by atoms with Crippen molar-refractivity contribution in [2.24, 2.45) is 7.05 Å². The first-order valence-electron chi connectivity index (χ1n) is 7.49. The summed E-state index contributed by atoms with van der Waals surface area (Å²) in [7, 11) is 1.51. The van der Waals surface area contributed by atoms with Crippen LogP contribution >= 0.6 is 0 Å². The number of hydrogen-bond acceptors (Lipinski definition) is 4. The molecule has 0 bridgehead atoms. The maximum Gasteiger partial charge on any atom is 0.271 e. The van der Waals surface area contributed by atoms with E-state index in [0.717, 1.165) is 15.8 Å². The summed E-state index contributed by atoms with van der Waals surface area (Å²) in [6, 6.07) is 12.6. The summed E-state index contributed by atoms with van der Waals surface area (Å²) in [6.45, 7) is 1.06. The summed E-state index contributed by atoms with van der Waals surface area (Å²) >= 11 is 0. The number of amides is 1. The van der Waals surface area contributed by atoms with Gasteiger partial charge in [0.15, 0.2) is 0 Å². The lowest BCUT2D eigenvalue weighted by Gasteiger charge is -2.08. The van der Waals surface area contributed by atoms with Crippen LogP contribution in [0.1, 0.15) is 21.6 Å². The summed E-state index contributed by atoms with van der Waals surface area (Å²) < 4.78 is 2.98. The van der Waals surface area contributed by atoms with Gasteiger partial charge >= 0.3 is 0 Å². The van der Waals surface area contributed by atoms with Crippen LogP contribution in [0.2, 0.25) is 0 Å². The van der Waals surface area contributed by atoms with E-state index >= 15 is 0 Å². The predicted molar refractivity (Wildman–Crippen MR) is 88.4 cm³/mol. The molecule has 0 unspecified atom stereocenters. The second-order valence-corrected chi connectivity index (χ2v) is 5.39. The zero-order chi connectivity index (χ0) is 16.9. The zero-order valence-corrected chi connectivity index (χ0v) is 13.2. The fourth-order valence-corrected chi connectivity index (χ4v) is 2.32. The van der Waals surface area contributed by atoms with Gasteiger partial charge in [-0.1, -0.05) is 24.3 Å². The van der Waals surface area contributed by atoms with Gasteiger partial charge in [0.1, 0.15) is 5.69 Å². The molecule has 0 radical (unpaired) electrons. The van der Waals surface area contributed by atoms with E-state index in [-0.39, 0.29) is 17.2 Å². The van der Waals surface area contributed by atoms with Gasteiger partial charge in [-0.2, -0.15) is 10.2 Å². The van der Waals surface area contributed by atoms with E-state index in [0.29, 0.717) is 13.1 Å². The highest BCUT2D eigenvalue weighted by Crippen LogP contribution is 2.07. The molecule has 122 valence electrons. The lowest BCUT2D eigenvalue weighted by Crippen LogP contribution is -2.28. The molecule has 0 aliphatic carbocycles. The average molecular weight is 323 g/mol. The van der Waals surface area contributed by atoms with Crippen molar-refractivity contribution in [3.8, 4) is 0 Å². The largest absolute Gasteiger partial charge is 0.347 e. The zero-order valence-electron chi connectivity index (χ0n) is 13.2. The van der Waals surface area contributed by atoms with Gasteiger partial charge in [0.2, 0.25) is 0 Å². The Morgan fingerprint density at radius 1 is 1.17 bits per heavy atom. The molecule has 7 heteroatoms. The minimum Gasteiger partial charge on any atom is -0.347 e. The monoisotopic (exact) mass is 323 g/mol. The van der Waals surface area contributed by atoms with Crippen LogP contribution in [0.3, 0.4) is 0 Å². The normalized spacial score (nSPS) is 10.5.